The van der Waals surface area contributed by atoms with E-state index < -0.39 is 0 Å². The van der Waals surface area contributed by atoms with Crippen LogP contribution >= 0.6 is 0 Å². The van der Waals surface area contributed by atoms with Gasteiger partial charge in [-0.05, 0) is 24.8 Å². The second-order valence-electron chi connectivity index (χ2n) is 6.38. The van der Waals surface area contributed by atoms with Crippen LogP contribution < -0.4 is 5.73 Å². The van der Waals surface area contributed by atoms with Crippen LogP contribution in [-0.4, -0.2) is 33.5 Å². The summed E-state index contributed by atoms with van der Waals surface area (Å²) in [5.74, 6) is 1.49. The molecule has 2 fully saturated rings. The van der Waals surface area contributed by atoms with Crippen molar-refractivity contribution in [3.8, 4) is 11.4 Å². The lowest BCUT2D eigenvalue weighted by atomic mass is 9.70. The van der Waals surface area contributed by atoms with E-state index in [1.165, 1.54) is 12.8 Å². The molecule has 2 heterocycles. The molecule has 0 radical (unpaired) electrons. The van der Waals surface area contributed by atoms with Crippen LogP contribution in [0.25, 0.3) is 11.4 Å². The van der Waals surface area contributed by atoms with Crippen molar-refractivity contribution in [1.29, 1.82) is 0 Å². The van der Waals surface area contributed by atoms with Crippen molar-refractivity contribution in [2.24, 2.45) is 11.7 Å². The highest BCUT2D eigenvalue weighted by molar-refractivity contribution is 5.54. The third kappa shape index (κ3) is 2.34. The number of rotatable bonds is 3. The molecule has 1 aliphatic carbocycles. The molecular weight excluding hydrogens is 260 g/mol. The minimum absolute atomic E-state index is 0.0787. The highest BCUT2D eigenvalue weighted by Crippen LogP contribution is 2.42. The molecule has 4 heteroatoms. The quantitative estimate of drug-likeness (QED) is 0.935. The van der Waals surface area contributed by atoms with Gasteiger partial charge in [0.1, 0.15) is 0 Å². The lowest BCUT2D eigenvalue weighted by Gasteiger charge is -2.40. The van der Waals surface area contributed by atoms with Crippen molar-refractivity contribution in [3.05, 3.63) is 48.3 Å². The number of nitrogens with zero attached hydrogens (tertiary/aromatic N) is 3. The average Bonchev–Trinajstić information content (AvgIpc) is 2.72. The van der Waals surface area contributed by atoms with E-state index in [2.05, 4.69) is 9.88 Å². The van der Waals surface area contributed by atoms with Crippen LogP contribution in [0.1, 0.15) is 18.5 Å². The molecule has 1 aromatic carbocycles. The Bertz CT molecular complexity index is 642. The van der Waals surface area contributed by atoms with Crippen molar-refractivity contribution < 1.29 is 0 Å². The summed E-state index contributed by atoms with van der Waals surface area (Å²) in [4.78, 5) is 11.5. The van der Waals surface area contributed by atoms with Crippen molar-refractivity contribution in [2.75, 3.05) is 13.1 Å². The van der Waals surface area contributed by atoms with Gasteiger partial charge in [-0.15, -0.1) is 0 Å². The zero-order valence-electron chi connectivity index (χ0n) is 12.1. The molecule has 0 unspecified atom stereocenters. The van der Waals surface area contributed by atoms with E-state index in [0.29, 0.717) is 5.92 Å². The van der Waals surface area contributed by atoms with Crippen molar-refractivity contribution in [3.63, 3.8) is 0 Å². The fourth-order valence-electron chi connectivity index (χ4n) is 3.55. The second-order valence-corrected chi connectivity index (χ2v) is 6.38. The Hall–Kier alpha value is -1.78. The third-order valence-electron chi connectivity index (χ3n) is 4.90. The van der Waals surface area contributed by atoms with Gasteiger partial charge in [-0.25, -0.2) is 9.97 Å². The summed E-state index contributed by atoms with van der Waals surface area (Å²) in [6.07, 6.45) is 4.31. The summed E-state index contributed by atoms with van der Waals surface area (Å²) in [5, 5.41) is 0. The lowest BCUT2D eigenvalue weighted by molar-refractivity contribution is 0.188. The summed E-state index contributed by atoms with van der Waals surface area (Å²) in [6.45, 7) is 2.99. The number of aromatic nitrogens is 2. The van der Waals surface area contributed by atoms with Gasteiger partial charge in [0.05, 0.1) is 5.69 Å². The van der Waals surface area contributed by atoms with E-state index in [4.69, 9.17) is 10.7 Å². The summed E-state index contributed by atoms with van der Waals surface area (Å²) in [7, 11) is 0. The van der Waals surface area contributed by atoms with E-state index in [0.717, 1.165) is 36.7 Å². The second kappa shape index (κ2) is 4.90. The van der Waals surface area contributed by atoms with Gasteiger partial charge >= 0.3 is 0 Å². The minimum atomic E-state index is 0.0787. The fourth-order valence-corrected chi connectivity index (χ4v) is 3.55. The molecule has 1 saturated carbocycles. The zero-order valence-corrected chi connectivity index (χ0v) is 12.1. The Morgan fingerprint density at radius 1 is 1.24 bits per heavy atom. The predicted octanol–water partition coefficient (Wildman–Crippen LogP) is 2.07. The summed E-state index contributed by atoms with van der Waals surface area (Å²) < 4.78 is 0. The van der Waals surface area contributed by atoms with Crippen LogP contribution in [0.3, 0.4) is 0 Å². The smallest absolute Gasteiger partial charge is 0.159 e. The fraction of sp³-hybridized carbons (Fsp3) is 0.412. The van der Waals surface area contributed by atoms with Gasteiger partial charge < -0.3 is 5.73 Å². The Balaban J connectivity index is 1.51. The number of fused-ring (bicyclic) bond motifs is 1. The molecule has 2 aliphatic rings. The molecule has 4 rings (SSSR count). The van der Waals surface area contributed by atoms with Crippen LogP contribution in [-0.2, 0) is 6.54 Å². The molecule has 2 atom stereocenters. The first kappa shape index (κ1) is 12.9. The Morgan fingerprint density at radius 3 is 2.76 bits per heavy atom. The van der Waals surface area contributed by atoms with Crippen LogP contribution in [0.2, 0.25) is 0 Å². The summed E-state index contributed by atoms with van der Waals surface area (Å²) in [6, 6.07) is 12.1. The maximum Gasteiger partial charge on any atom is 0.159 e. The first-order valence-electron chi connectivity index (χ1n) is 7.61. The van der Waals surface area contributed by atoms with Crippen molar-refractivity contribution in [2.45, 2.75) is 24.9 Å². The molecule has 1 aliphatic heterocycles. The molecule has 0 amide bonds. The number of nitrogens with two attached hydrogens (primary N) is 1. The van der Waals surface area contributed by atoms with Gasteiger partial charge in [0, 0.05) is 36.9 Å². The molecule has 2 aromatic rings. The molecule has 21 heavy (non-hydrogen) atoms. The highest BCUT2D eigenvalue weighted by Gasteiger charge is 2.49. The van der Waals surface area contributed by atoms with Crippen LogP contribution in [0.4, 0.5) is 0 Å². The van der Waals surface area contributed by atoms with Gasteiger partial charge in [-0.1, -0.05) is 30.3 Å². The topological polar surface area (TPSA) is 55.0 Å². The normalized spacial score (nSPS) is 28.1. The molecule has 1 aromatic heterocycles. The number of hydrogen-bond acceptors (Lipinski definition) is 4. The molecule has 108 valence electrons. The van der Waals surface area contributed by atoms with Gasteiger partial charge in [0.15, 0.2) is 5.82 Å². The Kier molecular flexibility index (Phi) is 3.01. The van der Waals surface area contributed by atoms with Gasteiger partial charge in [0.2, 0.25) is 0 Å². The predicted molar refractivity (Wildman–Crippen MR) is 82.4 cm³/mol. The molecule has 4 nitrogen and oxygen atoms in total. The Labute approximate surface area is 125 Å². The van der Waals surface area contributed by atoms with Gasteiger partial charge in [-0.2, -0.15) is 0 Å². The van der Waals surface area contributed by atoms with Crippen molar-refractivity contribution >= 4 is 0 Å². The summed E-state index contributed by atoms with van der Waals surface area (Å²) >= 11 is 0. The minimum Gasteiger partial charge on any atom is -0.324 e. The van der Waals surface area contributed by atoms with Gasteiger partial charge in [0.25, 0.3) is 0 Å². The van der Waals surface area contributed by atoms with E-state index in [-0.39, 0.29) is 5.54 Å². The molecule has 0 spiro atoms. The number of hydrogen-bond donors (Lipinski definition) is 1. The van der Waals surface area contributed by atoms with E-state index in [9.17, 15) is 0 Å². The monoisotopic (exact) mass is 280 g/mol. The van der Waals surface area contributed by atoms with E-state index in [1.54, 1.807) is 0 Å². The van der Waals surface area contributed by atoms with Crippen LogP contribution in [0, 0.1) is 5.92 Å². The standard InChI is InChI=1S/C17H20N4/c18-17-8-6-14(17)10-21(12-17)11-15-7-9-19-16(20-15)13-4-2-1-3-5-13/h1-5,7,9,14H,6,8,10-12,18H2/t14-,17-/m0/s1. The molecular formula is C17H20N4. The Morgan fingerprint density at radius 2 is 2.10 bits per heavy atom. The largest absolute Gasteiger partial charge is 0.324 e. The molecule has 2 N–H and O–H groups in total. The zero-order chi connectivity index (χ0) is 14.3. The number of likely N-dealkylation sites (tertiary alicyclic amines) is 1. The molecule has 0 bridgehead atoms. The van der Waals surface area contributed by atoms with E-state index in [1.807, 2.05) is 42.6 Å². The SMILES string of the molecule is N[C@]12CC[C@H]1CN(Cc1ccnc(-c3ccccc3)n1)C2. The van der Waals surface area contributed by atoms with Gasteiger partial charge in [-0.3, -0.25) is 4.90 Å². The maximum atomic E-state index is 6.40. The maximum absolute atomic E-state index is 6.40. The number of benzene rings is 1. The first-order valence-corrected chi connectivity index (χ1v) is 7.61. The highest BCUT2D eigenvalue weighted by atomic mass is 15.2. The van der Waals surface area contributed by atoms with E-state index >= 15 is 0 Å². The third-order valence-corrected chi connectivity index (χ3v) is 4.90. The average molecular weight is 280 g/mol. The van der Waals surface area contributed by atoms with Crippen LogP contribution in [0.15, 0.2) is 42.6 Å². The van der Waals surface area contributed by atoms with Crippen molar-refractivity contribution in [1.82, 2.24) is 14.9 Å². The first-order chi connectivity index (χ1) is 10.2. The molecule has 1 saturated heterocycles. The van der Waals surface area contributed by atoms with Crippen LogP contribution in [0.5, 0.6) is 0 Å². The lowest BCUT2D eigenvalue weighted by Crippen LogP contribution is -2.54. The summed E-state index contributed by atoms with van der Waals surface area (Å²) in [5.41, 5.74) is 8.62.